The SMILES string of the molecule is CCCC(=O)Nc1ccc2c(c1)C(=O)N(CC)CCO2. The van der Waals surface area contributed by atoms with Crippen molar-refractivity contribution in [2.45, 2.75) is 26.7 Å². The topological polar surface area (TPSA) is 58.6 Å². The van der Waals surface area contributed by atoms with Gasteiger partial charge in [-0.25, -0.2) is 0 Å². The van der Waals surface area contributed by atoms with Gasteiger partial charge in [-0.05, 0) is 31.5 Å². The summed E-state index contributed by atoms with van der Waals surface area (Å²) in [5, 5.41) is 2.80. The molecule has 0 aliphatic carbocycles. The van der Waals surface area contributed by atoms with Crippen molar-refractivity contribution < 1.29 is 14.3 Å². The van der Waals surface area contributed by atoms with Gasteiger partial charge in [-0.2, -0.15) is 0 Å². The summed E-state index contributed by atoms with van der Waals surface area (Å²) in [6.07, 6.45) is 1.27. The second-order valence-electron chi connectivity index (χ2n) is 4.74. The van der Waals surface area contributed by atoms with Crippen molar-refractivity contribution in [3.05, 3.63) is 23.8 Å². The summed E-state index contributed by atoms with van der Waals surface area (Å²) in [5.41, 5.74) is 1.15. The number of rotatable bonds is 4. The van der Waals surface area contributed by atoms with Crippen LogP contribution in [0.4, 0.5) is 5.69 Å². The molecule has 0 saturated carbocycles. The average Bonchev–Trinajstić information content (AvgIpc) is 2.59. The first-order valence-electron chi connectivity index (χ1n) is 7.01. The van der Waals surface area contributed by atoms with Gasteiger partial charge in [0, 0.05) is 18.7 Å². The van der Waals surface area contributed by atoms with Crippen LogP contribution < -0.4 is 10.1 Å². The van der Waals surface area contributed by atoms with Crippen LogP contribution in [-0.4, -0.2) is 36.4 Å². The van der Waals surface area contributed by atoms with Crippen LogP contribution in [0.2, 0.25) is 0 Å². The Balaban J connectivity index is 2.24. The Hall–Kier alpha value is -2.04. The molecule has 5 heteroatoms. The Labute approximate surface area is 118 Å². The van der Waals surface area contributed by atoms with Crippen LogP contribution in [0, 0.1) is 0 Å². The number of nitrogens with zero attached hydrogens (tertiary/aromatic N) is 1. The highest BCUT2D eigenvalue weighted by Gasteiger charge is 2.22. The zero-order chi connectivity index (χ0) is 14.5. The van der Waals surface area contributed by atoms with Crippen molar-refractivity contribution in [2.24, 2.45) is 0 Å². The number of anilines is 1. The Bertz CT molecular complexity index is 514. The van der Waals surface area contributed by atoms with E-state index in [0.717, 1.165) is 6.42 Å². The van der Waals surface area contributed by atoms with E-state index in [1.165, 1.54) is 0 Å². The highest BCUT2D eigenvalue weighted by Crippen LogP contribution is 2.26. The van der Waals surface area contributed by atoms with E-state index in [1.807, 2.05) is 13.8 Å². The lowest BCUT2D eigenvalue weighted by Gasteiger charge is -2.17. The molecular formula is C15H20N2O3. The highest BCUT2D eigenvalue weighted by molar-refractivity contribution is 5.99. The number of carbonyl (C=O) groups is 2. The number of ether oxygens (including phenoxy) is 1. The zero-order valence-corrected chi connectivity index (χ0v) is 11.9. The fourth-order valence-electron chi connectivity index (χ4n) is 2.19. The largest absolute Gasteiger partial charge is 0.491 e. The van der Waals surface area contributed by atoms with E-state index in [9.17, 15) is 9.59 Å². The third kappa shape index (κ3) is 3.10. The Morgan fingerprint density at radius 2 is 2.20 bits per heavy atom. The maximum absolute atomic E-state index is 12.4. The highest BCUT2D eigenvalue weighted by atomic mass is 16.5. The van der Waals surface area contributed by atoms with Gasteiger partial charge in [0.25, 0.3) is 5.91 Å². The molecule has 0 unspecified atom stereocenters. The van der Waals surface area contributed by atoms with Crippen LogP contribution >= 0.6 is 0 Å². The molecule has 1 N–H and O–H groups in total. The molecule has 1 aromatic rings. The zero-order valence-electron chi connectivity index (χ0n) is 11.9. The third-order valence-electron chi connectivity index (χ3n) is 3.26. The first-order valence-corrected chi connectivity index (χ1v) is 7.01. The van der Waals surface area contributed by atoms with E-state index in [4.69, 9.17) is 4.74 Å². The Morgan fingerprint density at radius 1 is 1.40 bits per heavy atom. The number of hydrogen-bond acceptors (Lipinski definition) is 3. The smallest absolute Gasteiger partial charge is 0.257 e. The summed E-state index contributed by atoms with van der Waals surface area (Å²) in [4.78, 5) is 25.7. The second-order valence-corrected chi connectivity index (χ2v) is 4.74. The van der Waals surface area contributed by atoms with Gasteiger partial charge in [-0.15, -0.1) is 0 Å². The van der Waals surface area contributed by atoms with E-state index in [0.29, 0.717) is 43.1 Å². The van der Waals surface area contributed by atoms with E-state index in [1.54, 1.807) is 23.1 Å². The quantitative estimate of drug-likeness (QED) is 0.917. The molecule has 5 nitrogen and oxygen atoms in total. The number of carbonyl (C=O) groups excluding carboxylic acids is 2. The fraction of sp³-hybridized carbons (Fsp3) is 0.467. The van der Waals surface area contributed by atoms with E-state index < -0.39 is 0 Å². The molecule has 0 bridgehead atoms. The van der Waals surface area contributed by atoms with Crippen molar-refractivity contribution in [1.29, 1.82) is 0 Å². The molecule has 0 saturated heterocycles. The van der Waals surface area contributed by atoms with Crippen molar-refractivity contribution in [1.82, 2.24) is 4.90 Å². The molecule has 1 aromatic carbocycles. The van der Waals surface area contributed by atoms with Crippen LogP contribution in [0.1, 0.15) is 37.0 Å². The molecule has 0 radical (unpaired) electrons. The van der Waals surface area contributed by atoms with Crippen molar-refractivity contribution in [2.75, 3.05) is 25.0 Å². The minimum atomic E-state index is -0.0495. The van der Waals surface area contributed by atoms with Crippen molar-refractivity contribution >= 4 is 17.5 Å². The molecule has 1 aliphatic rings. The van der Waals surface area contributed by atoms with Crippen LogP contribution in [0.25, 0.3) is 0 Å². The van der Waals surface area contributed by atoms with Gasteiger partial charge in [0.15, 0.2) is 0 Å². The monoisotopic (exact) mass is 276 g/mol. The standard InChI is InChI=1S/C15H20N2O3/c1-3-5-14(18)16-11-6-7-13-12(10-11)15(19)17(4-2)8-9-20-13/h6-7,10H,3-5,8-9H2,1-2H3,(H,16,18). The molecule has 1 heterocycles. The van der Waals surface area contributed by atoms with E-state index in [2.05, 4.69) is 5.32 Å². The van der Waals surface area contributed by atoms with E-state index in [-0.39, 0.29) is 11.8 Å². The normalized spacial score (nSPS) is 14.3. The summed E-state index contributed by atoms with van der Waals surface area (Å²) in [7, 11) is 0. The lowest BCUT2D eigenvalue weighted by atomic mass is 10.1. The minimum Gasteiger partial charge on any atom is -0.491 e. The first kappa shape index (κ1) is 14.4. The lowest BCUT2D eigenvalue weighted by Crippen LogP contribution is -2.32. The molecule has 0 aromatic heterocycles. The van der Waals surface area contributed by atoms with E-state index >= 15 is 0 Å². The van der Waals surface area contributed by atoms with Crippen LogP contribution in [0.5, 0.6) is 5.75 Å². The van der Waals surface area contributed by atoms with Gasteiger partial charge in [0.2, 0.25) is 5.91 Å². The number of hydrogen-bond donors (Lipinski definition) is 1. The first-order chi connectivity index (χ1) is 9.65. The summed E-state index contributed by atoms with van der Waals surface area (Å²) in [6, 6.07) is 5.20. The lowest BCUT2D eigenvalue weighted by molar-refractivity contribution is -0.116. The predicted octanol–water partition coefficient (Wildman–Crippen LogP) is 2.28. The van der Waals surface area contributed by atoms with Crippen molar-refractivity contribution in [3.63, 3.8) is 0 Å². The maximum Gasteiger partial charge on any atom is 0.257 e. The molecule has 2 amide bonds. The average molecular weight is 276 g/mol. The Kier molecular flexibility index (Phi) is 4.61. The molecule has 0 fully saturated rings. The van der Waals surface area contributed by atoms with Gasteiger partial charge in [-0.1, -0.05) is 6.92 Å². The summed E-state index contributed by atoms with van der Waals surface area (Å²) in [5.74, 6) is 0.493. The summed E-state index contributed by atoms with van der Waals surface area (Å²) < 4.78 is 5.58. The summed E-state index contributed by atoms with van der Waals surface area (Å²) >= 11 is 0. The van der Waals surface area contributed by atoms with Gasteiger partial charge < -0.3 is 15.0 Å². The maximum atomic E-state index is 12.4. The minimum absolute atomic E-state index is 0.0400. The number of benzene rings is 1. The number of likely N-dealkylation sites (N-methyl/N-ethyl adjacent to an activating group) is 1. The third-order valence-corrected chi connectivity index (χ3v) is 3.26. The van der Waals surface area contributed by atoms with Gasteiger partial charge in [0.1, 0.15) is 12.4 Å². The summed E-state index contributed by atoms with van der Waals surface area (Å²) in [6.45, 7) is 5.62. The molecule has 108 valence electrons. The predicted molar refractivity (Wildman–Crippen MR) is 77.1 cm³/mol. The molecule has 2 rings (SSSR count). The van der Waals surface area contributed by atoms with Crippen LogP contribution in [0.3, 0.4) is 0 Å². The number of fused-ring (bicyclic) bond motifs is 1. The van der Waals surface area contributed by atoms with Gasteiger partial charge >= 0.3 is 0 Å². The molecule has 0 atom stereocenters. The van der Waals surface area contributed by atoms with Crippen molar-refractivity contribution in [3.8, 4) is 5.75 Å². The molecule has 1 aliphatic heterocycles. The number of amides is 2. The molecule has 0 spiro atoms. The van der Waals surface area contributed by atoms with Gasteiger partial charge in [-0.3, -0.25) is 9.59 Å². The van der Waals surface area contributed by atoms with Gasteiger partial charge in [0.05, 0.1) is 12.1 Å². The molecule has 20 heavy (non-hydrogen) atoms. The number of nitrogens with one attached hydrogen (secondary N) is 1. The molecular weight excluding hydrogens is 256 g/mol. The van der Waals surface area contributed by atoms with Crippen LogP contribution in [-0.2, 0) is 4.79 Å². The fourth-order valence-corrected chi connectivity index (χ4v) is 2.19. The second kappa shape index (κ2) is 6.41. The van der Waals surface area contributed by atoms with Crippen LogP contribution in [0.15, 0.2) is 18.2 Å². The Morgan fingerprint density at radius 3 is 2.90 bits per heavy atom.